The summed E-state index contributed by atoms with van der Waals surface area (Å²) in [6, 6.07) is 0.424. The molecule has 14 heavy (non-hydrogen) atoms. The zero-order valence-corrected chi connectivity index (χ0v) is 9.84. The normalized spacial score (nSPS) is 18.9. The van der Waals surface area contributed by atoms with Crippen LogP contribution in [0.1, 0.15) is 46.0 Å². The van der Waals surface area contributed by atoms with Gasteiger partial charge in [-0.15, -0.1) is 0 Å². The summed E-state index contributed by atoms with van der Waals surface area (Å²) in [5.74, 6) is 1.01. The van der Waals surface area contributed by atoms with Crippen LogP contribution >= 0.6 is 0 Å². The van der Waals surface area contributed by atoms with Gasteiger partial charge in [-0.05, 0) is 44.7 Å². The topological polar surface area (TPSA) is 29.3 Å². The second-order valence-electron chi connectivity index (χ2n) is 4.67. The molecule has 0 bridgehead atoms. The molecule has 1 fully saturated rings. The van der Waals surface area contributed by atoms with Gasteiger partial charge in [0.1, 0.15) is 0 Å². The summed E-state index contributed by atoms with van der Waals surface area (Å²) in [6.07, 6.45) is 6.49. The lowest BCUT2D eigenvalue weighted by atomic mass is 10.1. The highest BCUT2D eigenvalue weighted by atomic mass is 15.1. The molecule has 2 N–H and O–H groups in total. The molecule has 0 heterocycles. The Balaban J connectivity index is 2.06. The van der Waals surface area contributed by atoms with Gasteiger partial charge in [-0.3, -0.25) is 0 Å². The monoisotopic (exact) mass is 198 g/mol. The van der Waals surface area contributed by atoms with Crippen LogP contribution in [0.2, 0.25) is 0 Å². The number of hydrogen-bond acceptors (Lipinski definition) is 2. The minimum absolute atomic E-state index is 0.424. The largest absolute Gasteiger partial charge is 0.328 e. The summed E-state index contributed by atoms with van der Waals surface area (Å²) in [5, 5.41) is 0. The Morgan fingerprint density at radius 3 is 2.50 bits per heavy atom. The van der Waals surface area contributed by atoms with Gasteiger partial charge >= 0.3 is 0 Å². The highest BCUT2D eigenvalue weighted by molar-refractivity contribution is 4.77. The average Bonchev–Trinajstić information content (AvgIpc) is 2.96. The molecule has 0 radical (unpaired) electrons. The number of nitrogens with zero attached hydrogens (tertiary/aromatic N) is 1. The lowest BCUT2D eigenvalue weighted by molar-refractivity contribution is 0.263. The fraction of sp³-hybridized carbons (Fsp3) is 1.00. The van der Waals surface area contributed by atoms with Crippen molar-refractivity contribution in [2.75, 3.05) is 19.6 Å². The molecule has 84 valence electrons. The van der Waals surface area contributed by atoms with E-state index in [9.17, 15) is 0 Å². The minimum atomic E-state index is 0.424. The maximum absolute atomic E-state index is 6.01. The first-order valence-electron chi connectivity index (χ1n) is 6.24. The summed E-state index contributed by atoms with van der Waals surface area (Å²) < 4.78 is 0. The first kappa shape index (κ1) is 12.0. The van der Waals surface area contributed by atoms with Crippen LogP contribution in [0.4, 0.5) is 0 Å². The van der Waals surface area contributed by atoms with Crippen molar-refractivity contribution in [1.82, 2.24) is 4.90 Å². The molecule has 1 saturated carbocycles. The zero-order valence-electron chi connectivity index (χ0n) is 9.84. The Morgan fingerprint density at radius 1 is 1.29 bits per heavy atom. The quantitative estimate of drug-likeness (QED) is 0.648. The predicted octanol–water partition coefficient (Wildman–Crippen LogP) is 2.24. The Bertz CT molecular complexity index is 143. The first-order valence-corrected chi connectivity index (χ1v) is 6.24. The Kier molecular flexibility index (Phi) is 5.49. The van der Waals surface area contributed by atoms with Crippen molar-refractivity contribution >= 4 is 0 Å². The van der Waals surface area contributed by atoms with E-state index in [-0.39, 0.29) is 0 Å². The van der Waals surface area contributed by atoms with Crippen LogP contribution in [-0.4, -0.2) is 30.6 Å². The lowest BCUT2D eigenvalue weighted by Gasteiger charge is -2.22. The van der Waals surface area contributed by atoms with Gasteiger partial charge < -0.3 is 10.6 Å². The summed E-state index contributed by atoms with van der Waals surface area (Å²) in [4.78, 5) is 2.56. The van der Waals surface area contributed by atoms with E-state index in [1.165, 1.54) is 51.7 Å². The van der Waals surface area contributed by atoms with E-state index in [4.69, 9.17) is 5.73 Å². The van der Waals surface area contributed by atoms with Crippen molar-refractivity contribution in [3.05, 3.63) is 0 Å². The van der Waals surface area contributed by atoms with E-state index in [1.54, 1.807) is 0 Å². The van der Waals surface area contributed by atoms with Crippen molar-refractivity contribution in [3.8, 4) is 0 Å². The highest BCUT2D eigenvalue weighted by Crippen LogP contribution is 2.29. The third kappa shape index (κ3) is 4.97. The van der Waals surface area contributed by atoms with Gasteiger partial charge in [-0.1, -0.05) is 20.3 Å². The molecule has 0 aromatic carbocycles. The van der Waals surface area contributed by atoms with Gasteiger partial charge in [0.05, 0.1) is 0 Å². The maximum Gasteiger partial charge on any atom is 0.00509 e. The highest BCUT2D eigenvalue weighted by Gasteiger charge is 2.23. The molecule has 0 aromatic rings. The summed E-state index contributed by atoms with van der Waals surface area (Å²) in [7, 11) is 0. The van der Waals surface area contributed by atoms with Gasteiger partial charge in [-0.25, -0.2) is 0 Å². The third-order valence-electron chi connectivity index (χ3n) is 3.14. The molecular formula is C12H26N2. The van der Waals surface area contributed by atoms with Gasteiger partial charge in [0, 0.05) is 12.6 Å². The van der Waals surface area contributed by atoms with Crippen LogP contribution in [0.15, 0.2) is 0 Å². The molecular weight excluding hydrogens is 172 g/mol. The van der Waals surface area contributed by atoms with E-state index >= 15 is 0 Å². The van der Waals surface area contributed by atoms with E-state index in [0.29, 0.717) is 6.04 Å². The summed E-state index contributed by atoms with van der Waals surface area (Å²) in [5.41, 5.74) is 6.01. The molecule has 0 aliphatic heterocycles. The van der Waals surface area contributed by atoms with Crippen LogP contribution in [0.3, 0.4) is 0 Å². The van der Waals surface area contributed by atoms with Crippen molar-refractivity contribution < 1.29 is 0 Å². The third-order valence-corrected chi connectivity index (χ3v) is 3.14. The lowest BCUT2D eigenvalue weighted by Crippen LogP contribution is -2.31. The Hall–Kier alpha value is -0.0800. The van der Waals surface area contributed by atoms with Crippen LogP contribution in [0.5, 0.6) is 0 Å². The summed E-state index contributed by atoms with van der Waals surface area (Å²) in [6.45, 7) is 8.17. The molecule has 2 heteroatoms. The Labute approximate surface area is 88.8 Å². The molecule has 1 unspecified atom stereocenters. The number of rotatable bonds is 8. The van der Waals surface area contributed by atoms with Gasteiger partial charge in [0.2, 0.25) is 0 Å². The number of nitrogens with two attached hydrogens (primary N) is 1. The van der Waals surface area contributed by atoms with Crippen LogP contribution in [0.25, 0.3) is 0 Å². The van der Waals surface area contributed by atoms with Gasteiger partial charge in [-0.2, -0.15) is 0 Å². The molecule has 1 aliphatic carbocycles. The molecule has 1 aliphatic rings. The standard InChI is InChI=1S/C12H26N2/c1-3-5-12(13)8-9-14(4-2)10-11-6-7-11/h11-12H,3-10,13H2,1-2H3. The van der Waals surface area contributed by atoms with Crippen molar-refractivity contribution in [3.63, 3.8) is 0 Å². The van der Waals surface area contributed by atoms with E-state index in [1.807, 2.05) is 0 Å². The molecule has 1 rings (SSSR count). The SMILES string of the molecule is CCCC(N)CCN(CC)CC1CC1. The second-order valence-corrected chi connectivity index (χ2v) is 4.67. The fourth-order valence-corrected chi connectivity index (χ4v) is 1.91. The molecule has 0 amide bonds. The average molecular weight is 198 g/mol. The van der Waals surface area contributed by atoms with Gasteiger partial charge in [0.15, 0.2) is 0 Å². The maximum atomic E-state index is 6.01. The van der Waals surface area contributed by atoms with Gasteiger partial charge in [0.25, 0.3) is 0 Å². The van der Waals surface area contributed by atoms with Crippen LogP contribution in [-0.2, 0) is 0 Å². The second kappa shape index (κ2) is 6.41. The molecule has 0 saturated heterocycles. The van der Waals surface area contributed by atoms with E-state index < -0.39 is 0 Å². The summed E-state index contributed by atoms with van der Waals surface area (Å²) >= 11 is 0. The molecule has 1 atom stereocenters. The smallest absolute Gasteiger partial charge is 0.00509 e. The van der Waals surface area contributed by atoms with E-state index in [2.05, 4.69) is 18.7 Å². The van der Waals surface area contributed by atoms with Crippen LogP contribution in [0, 0.1) is 5.92 Å². The zero-order chi connectivity index (χ0) is 10.4. The van der Waals surface area contributed by atoms with Crippen LogP contribution < -0.4 is 5.73 Å². The van der Waals surface area contributed by atoms with Crippen molar-refractivity contribution in [2.24, 2.45) is 11.7 Å². The molecule has 2 nitrogen and oxygen atoms in total. The minimum Gasteiger partial charge on any atom is -0.328 e. The van der Waals surface area contributed by atoms with Crippen molar-refractivity contribution in [1.29, 1.82) is 0 Å². The fourth-order valence-electron chi connectivity index (χ4n) is 1.91. The van der Waals surface area contributed by atoms with E-state index in [0.717, 1.165) is 5.92 Å². The Morgan fingerprint density at radius 2 is 2.00 bits per heavy atom. The van der Waals surface area contributed by atoms with Crippen molar-refractivity contribution in [2.45, 2.75) is 52.0 Å². The molecule has 0 aromatic heterocycles. The first-order chi connectivity index (χ1) is 6.76. The predicted molar refractivity (Wildman–Crippen MR) is 62.3 cm³/mol. The molecule has 0 spiro atoms. The number of hydrogen-bond donors (Lipinski definition) is 1.